The number of amidine groups is 1. The second kappa shape index (κ2) is 4.52. The zero-order valence-corrected chi connectivity index (χ0v) is 11.3. The number of nitrogens with zero attached hydrogens (tertiary/aromatic N) is 2. The van der Waals surface area contributed by atoms with Crippen LogP contribution in [0.2, 0.25) is 0 Å². The van der Waals surface area contributed by atoms with Gasteiger partial charge in [0.25, 0.3) is 0 Å². The van der Waals surface area contributed by atoms with Gasteiger partial charge in [-0.25, -0.2) is 0 Å². The van der Waals surface area contributed by atoms with E-state index in [2.05, 4.69) is 36.9 Å². The van der Waals surface area contributed by atoms with E-state index in [-0.39, 0.29) is 11.4 Å². The van der Waals surface area contributed by atoms with E-state index in [1.165, 1.54) is 12.0 Å². The number of anilines is 1. The molecule has 1 fully saturated rings. The first-order valence-electron chi connectivity index (χ1n) is 6.32. The molecule has 0 saturated carbocycles. The van der Waals surface area contributed by atoms with E-state index in [4.69, 9.17) is 10.9 Å². The van der Waals surface area contributed by atoms with Crippen LogP contribution in [0.5, 0.6) is 0 Å². The number of hydrogen-bond donors (Lipinski definition) is 2. The molecule has 4 heteroatoms. The van der Waals surface area contributed by atoms with Crippen LogP contribution in [0.25, 0.3) is 0 Å². The smallest absolute Gasteiger partial charge is 0.172 e. The Bertz CT molecular complexity index is 480. The van der Waals surface area contributed by atoms with Gasteiger partial charge in [0.1, 0.15) is 0 Å². The van der Waals surface area contributed by atoms with Crippen molar-refractivity contribution in [2.75, 3.05) is 11.4 Å². The van der Waals surface area contributed by atoms with Gasteiger partial charge in [-0.1, -0.05) is 11.2 Å². The van der Waals surface area contributed by atoms with Gasteiger partial charge in [0, 0.05) is 23.3 Å². The quantitative estimate of drug-likeness (QED) is 0.365. The second-order valence-corrected chi connectivity index (χ2v) is 5.57. The van der Waals surface area contributed by atoms with Gasteiger partial charge >= 0.3 is 0 Å². The lowest BCUT2D eigenvalue weighted by Crippen LogP contribution is -2.39. The molecule has 0 amide bonds. The molecule has 0 aromatic heterocycles. The Labute approximate surface area is 108 Å². The molecular formula is C14H21N3O. The summed E-state index contributed by atoms with van der Waals surface area (Å²) in [7, 11) is 0. The van der Waals surface area contributed by atoms with Crippen molar-refractivity contribution in [3.8, 4) is 0 Å². The lowest BCUT2D eigenvalue weighted by Gasteiger charge is -2.35. The number of oxime groups is 1. The fraction of sp³-hybridized carbons (Fsp3) is 0.500. The fourth-order valence-electron chi connectivity index (χ4n) is 2.69. The number of aryl methyl sites for hydroxylation is 1. The van der Waals surface area contributed by atoms with Crippen molar-refractivity contribution in [2.24, 2.45) is 10.9 Å². The molecule has 1 heterocycles. The minimum atomic E-state index is 0.123. The van der Waals surface area contributed by atoms with Crippen LogP contribution in [0, 0.1) is 6.92 Å². The van der Waals surface area contributed by atoms with Crippen LogP contribution in [-0.4, -0.2) is 23.1 Å². The Balaban J connectivity index is 2.52. The van der Waals surface area contributed by atoms with E-state index in [0.29, 0.717) is 0 Å². The van der Waals surface area contributed by atoms with Crippen LogP contribution in [0.4, 0.5) is 5.69 Å². The summed E-state index contributed by atoms with van der Waals surface area (Å²) in [5.74, 6) is 0.174. The molecule has 1 aliphatic heterocycles. The third-order valence-corrected chi connectivity index (χ3v) is 3.73. The van der Waals surface area contributed by atoms with Crippen molar-refractivity contribution in [2.45, 2.75) is 39.2 Å². The fourth-order valence-corrected chi connectivity index (χ4v) is 2.69. The highest BCUT2D eigenvalue weighted by Crippen LogP contribution is 2.35. The van der Waals surface area contributed by atoms with Gasteiger partial charge in [0.05, 0.1) is 0 Å². The summed E-state index contributed by atoms with van der Waals surface area (Å²) < 4.78 is 0. The highest BCUT2D eigenvalue weighted by Gasteiger charge is 2.33. The minimum Gasteiger partial charge on any atom is -0.409 e. The molecule has 0 bridgehead atoms. The highest BCUT2D eigenvalue weighted by molar-refractivity contribution is 6.02. The predicted molar refractivity (Wildman–Crippen MR) is 74.3 cm³/mol. The topological polar surface area (TPSA) is 61.9 Å². The van der Waals surface area contributed by atoms with Crippen LogP contribution in [-0.2, 0) is 0 Å². The van der Waals surface area contributed by atoms with Gasteiger partial charge in [0.15, 0.2) is 5.84 Å². The molecule has 1 aromatic carbocycles. The maximum absolute atomic E-state index is 8.90. The Morgan fingerprint density at radius 1 is 1.44 bits per heavy atom. The first kappa shape index (κ1) is 12.7. The predicted octanol–water partition coefficient (Wildman–Crippen LogP) is 2.47. The molecule has 1 aliphatic rings. The maximum atomic E-state index is 8.90. The van der Waals surface area contributed by atoms with E-state index < -0.39 is 0 Å². The first-order chi connectivity index (χ1) is 8.45. The van der Waals surface area contributed by atoms with E-state index in [1.807, 2.05) is 12.1 Å². The van der Waals surface area contributed by atoms with Crippen LogP contribution in [0.15, 0.2) is 23.4 Å². The molecule has 2 rings (SSSR count). The number of benzene rings is 1. The summed E-state index contributed by atoms with van der Waals surface area (Å²) in [6.07, 6.45) is 2.34. The van der Waals surface area contributed by atoms with E-state index in [0.717, 1.165) is 24.2 Å². The zero-order valence-electron chi connectivity index (χ0n) is 11.3. The Kier molecular flexibility index (Phi) is 3.20. The Morgan fingerprint density at radius 2 is 2.17 bits per heavy atom. The normalized spacial score (nSPS) is 19.3. The summed E-state index contributed by atoms with van der Waals surface area (Å²) in [5, 5.41) is 12.0. The van der Waals surface area contributed by atoms with Gasteiger partial charge in [0.2, 0.25) is 0 Å². The van der Waals surface area contributed by atoms with E-state index in [1.54, 1.807) is 0 Å². The third-order valence-electron chi connectivity index (χ3n) is 3.73. The molecule has 4 nitrogen and oxygen atoms in total. The van der Waals surface area contributed by atoms with Gasteiger partial charge in [-0.2, -0.15) is 0 Å². The third kappa shape index (κ3) is 2.15. The standard InChI is InChI=1S/C14H21N3O/c1-10-5-6-11(13(15)16-18)12(9-10)17-8-4-7-14(17,2)3/h5-6,9,18H,4,7-8H2,1-3H3,(H2,15,16). The molecule has 3 N–H and O–H groups in total. The molecule has 0 spiro atoms. The summed E-state index contributed by atoms with van der Waals surface area (Å²) >= 11 is 0. The molecular weight excluding hydrogens is 226 g/mol. The lowest BCUT2D eigenvalue weighted by atomic mass is 9.99. The van der Waals surface area contributed by atoms with Crippen molar-refractivity contribution < 1.29 is 5.21 Å². The highest BCUT2D eigenvalue weighted by atomic mass is 16.4. The lowest BCUT2D eigenvalue weighted by molar-refractivity contribution is 0.318. The molecule has 0 unspecified atom stereocenters. The molecule has 0 atom stereocenters. The van der Waals surface area contributed by atoms with Crippen molar-refractivity contribution in [1.29, 1.82) is 0 Å². The summed E-state index contributed by atoms with van der Waals surface area (Å²) in [6, 6.07) is 6.02. The summed E-state index contributed by atoms with van der Waals surface area (Å²) in [6.45, 7) is 7.54. The van der Waals surface area contributed by atoms with Gasteiger partial charge < -0.3 is 15.8 Å². The average molecular weight is 247 g/mol. The average Bonchev–Trinajstić information content (AvgIpc) is 2.67. The van der Waals surface area contributed by atoms with Crippen molar-refractivity contribution in [3.05, 3.63) is 29.3 Å². The molecule has 1 saturated heterocycles. The van der Waals surface area contributed by atoms with E-state index in [9.17, 15) is 0 Å². The summed E-state index contributed by atoms with van der Waals surface area (Å²) in [5.41, 5.74) is 8.95. The van der Waals surface area contributed by atoms with Gasteiger partial charge in [-0.3, -0.25) is 0 Å². The largest absolute Gasteiger partial charge is 0.409 e. The number of rotatable bonds is 2. The monoisotopic (exact) mass is 247 g/mol. The molecule has 98 valence electrons. The number of hydrogen-bond acceptors (Lipinski definition) is 3. The Morgan fingerprint density at radius 3 is 2.72 bits per heavy atom. The molecule has 18 heavy (non-hydrogen) atoms. The van der Waals surface area contributed by atoms with Crippen molar-refractivity contribution in [1.82, 2.24) is 0 Å². The maximum Gasteiger partial charge on any atom is 0.172 e. The Hall–Kier alpha value is -1.71. The number of nitrogens with two attached hydrogens (primary N) is 1. The van der Waals surface area contributed by atoms with Gasteiger partial charge in [-0.05, 0) is 51.3 Å². The zero-order chi connectivity index (χ0) is 13.3. The first-order valence-corrected chi connectivity index (χ1v) is 6.32. The van der Waals surface area contributed by atoms with Crippen LogP contribution in [0.3, 0.4) is 0 Å². The van der Waals surface area contributed by atoms with Crippen molar-refractivity contribution >= 4 is 11.5 Å². The van der Waals surface area contributed by atoms with Crippen LogP contribution in [0.1, 0.15) is 37.8 Å². The summed E-state index contributed by atoms with van der Waals surface area (Å²) in [4.78, 5) is 2.35. The van der Waals surface area contributed by atoms with E-state index >= 15 is 0 Å². The van der Waals surface area contributed by atoms with Crippen LogP contribution < -0.4 is 10.6 Å². The SMILES string of the molecule is Cc1ccc(C(N)=NO)c(N2CCCC2(C)C)c1. The molecule has 0 aliphatic carbocycles. The van der Waals surface area contributed by atoms with Crippen LogP contribution >= 0.6 is 0 Å². The van der Waals surface area contributed by atoms with Crippen molar-refractivity contribution in [3.63, 3.8) is 0 Å². The second-order valence-electron chi connectivity index (χ2n) is 5.57. The minimum absolute atomic E-state index is 0.123. The molecule has 0 radical (unpaired) electrons. The van der Waals surface area contributed by atoms with Gasteiger partial charge in [-0.15, -0.1) is 0 Å². The molecule has 1 aromatic rings.